The van der Waals surface area contributed by atoms with Gasteiger partial charge in [0.1, 0.15) is 0 Å². The molecule has 1 saturated heterocycles. The molecule has 0 aliphatic carbocycles. The first-order valence-corrected chi connectivity index (χ1v) is 10.2. The summed E-state index contributed by atoms with van der Waals surface area (Å²) in [6, 6.07) is 13.7. The third-order valence-corrected chi connectivity index (χ3v) is 5.53. The fourth-order valence-corrected chi connectivity index (χ4v) is 3.84. The van der Waals surface area contributed by atoms with E-state index in [1.807, 2.05) is 30.3 Å². The molecular weight excluding hydrogens is 378 g/mol. The molecule has 0 aromatic heterocycles. The third-order valence-electron chi connectivity index (χ3n) is 4.74. The van der Waals surface area contributed by atoms with Gasteiger partial charge in [-0.3, -0.25) is 19.7 Å². The number of nitro benzene ring substituents is 1. The Morgan fingerprint density at radius 3 is 2.64 bits per heavy atom. The first kappa shape index (κ1) is 19.9. The molecule has 28 heavy (non-hydrogen) atoms. The largest absolute Gasteiger partial charge is 0.338 e. The van der Waals surface area contributed by atoms with Gasteiger partial charge in [-0.15, -0.1) is 11.8 Å². The van der Waals surface area contributed by atoms with Crippen LogP contribution in [0.2, 0.25) is 0 Å². The number of nitro groups is 1. The Kier molecular flexibility index (Phi) is 6.30. The summed E-state index contributed by atoms with van der Waals surface area (Å²) in [5.41, 5.74) is 0.918. The molecule has 7 nitrogen and oxygen atoms in total. The molecule has 1 aliphatic heterocycles. The van der Waals surface area contributed by atoms with Gasteiger partial charge in [0.2, 0.25) is 5.91 Å². The zero-order valence-electron chi connectivity index (χ0n) is 15.5. The van der Waals surface area contributed by atoms with Crippen molar-refractivity contribution in [3.8, 4) is 0 Å². The number of piperidine rings is 1. The zero-order valence-corrected chi connectivity index (χ0v) is 16.3. The van der Waals surface area contributed by atoms with Crippen LogP contribution in [-0.2, 0) is 4.79 Å². The van der Waals surface area contributed by atoms with Crippen LogP contribution < -0.4 is 5.32 Å². The van der Waals surface area contributed by atoms with Crippen LogP contribution in [0.5, 0.6) is 0 Å². The lowest BCUT2D eigenvalue weighted by atomic mass is 9.96. The number of para-hydroxylation sites is 1. The predicted octanol–water partition coefficient (Wildman–Crippen LogP) is 3.81. The van der Waals surface area contributed by atoms with Gasteiger partial charge >= 0.3 is 0 Å². The topological polar surface area (TPSA) is 92.6 Å². The van der Waals surface area contributed by atoms with Crippen molar-refractivity contribution in [2.45, 2.75) is 17.7 Å². The number of benzene rings is 2. The van der Waals surface area contributed by atoms with Gasteiger partial charge in [-0.2, -0.15) is 0 Å². The van der Waals surface area contributed by atoms with Crippen molar-refractivity contribution < 1.29 is 14.5 Å². The number of hydrogen-bond donors (Lipinski definition) is 1. The summed E-state index contributed by atoms with van der Waals surface area (Å²) >= 11 is 1.27. The Labute approximate surface area is 167 Å². The van der Waals surface area contributed by atoms with E-state index < -0.39 is 4.92 Å². The second-order valence-corrected chi connectivity index (χ2v) is 7.44. The summed E-state index contributed by atoms with van der Waals surface area (Å²) in [7, 11) is 0. The summed E-state index contributed by atoms with van der Waals surface area (Å²) in [5, 5.41) is 14.1. The maximum Gasteiger partial charge on any atom is 0.283 e. The van der Waals surface area contributed by atoms with Crippen LogP contribution in [0.25, 0.3) is 0 Å². The van der Waals surface area contributed by atoms with E-state index in [0.29, 0.717) is 30.8 Å². The first-order valence-electron chi connectivity index (χ1n) is 8.97. The van der Waals surface area contributed by atoms with Crippen LogP contribution in [0.4, 0.5) is 11.4 Å². The zero-order chi connectivity index (χ0) is 20.1. The number of anilines is 1. The summed E-state index contributed by atoms with van der Waals surface area (Å²) in [4.78, 5) is 38.3. The number of hydrogen-bond acceptors (Lipinski definition) is 5. The maximum atomic E-state index is 12.9. The van der Waals surface area contributed by atoms with Gasteiger partial charge in [0.05, 0.1) is 15.7 Å². The molecule has 0 bridgehead atoms. The number of carbonyl (C=O) groups is 2. The Morgan fingerprint density at radius 2 is 1.96 bits per heavy atom. The number of nitrogens with one attached hydrogen (secondary N) is 1. The van der Waals surface area contributed by atoms with E-state index in [0.717, 1.165) is 5.69 Å². The summed E-state index contributed by atoms with van der Waals surface area (Å²) < 4.78 is 0. The Bertz CT molecular complexity index is 888. The van der Waals surface area contributed by atoms with Crippen LogP contribution in [0.3, 0.4) is 0 Å². The molecular formula is C20H21N3O4S. The van der Waals surface area contributed by atoms with E-state index in [1.54, 1.807) is 23.3 Å². The fraction of sp³-hybridized carbons (Fsp3) is 0.300. The average Bonchev–Trinajstić information content (AvgIpc) is 2.73. The number of rotatable bonds is 5. The van der Waals surface area contributed by atoms with E-state index in [1.165, 1.54) is 17.8 Å². The number of carbonyl (C=O) groups excluding carboxylic acids is 2. The highest BCUT2D eigenvalue weighted by atomic mass is 32.2. The SMILES string of the molecule is CSc1ccc(C(=O)N2CCC[C@H](C(=O)Nc3ccccc3)C2)cc1[N+](=O)[O-]. The number of likely N-dealkylation sites (tertiary alicyclic amines) is 1. The molecule has 1 heterocycles. The summed E-state index contributed by atoms with van der Waals surface area (Å²) in [6.45, 7) is 0.835. The van der Waals surface area contributed by atoms with Gasteiger partial charge in [-0.05, 0) is 43.4 Å². The van der Waals surface area contributed by atoms with Crippen LogP contribution >= 0.6 is 11.8 Å². The number of amides is 2. The molecule has 2 aromatic carbocycles. The van der Waals surface area contributed by atoms with Gasteiger partial charge in [-0.25, -0.2) is 0 Å². The molecule has 1 N–H and O–H groups in total. The first-order chi connectivity index (χ1) is 13.5. The molecule has 1 aliphatic rings. The average molecular weight is 399 g/mol. The van der Waals surface area contributed by atoms with Gasteiger partial charge in [-0.1, -0.05) is 18.2 Å². The Balaban J connectivity index is 1.71. The van der Waals surface area contributed by atoms with Crippen LogP contribution in [0.15, 0.2) is 53.4 Å². The molecule has 3 rings (SSSR count). The molecule has 0 radical (unpaired) electrons. The van der Waals surface area contributed by atoms with Crippen molar-refractivity contribution in [1.29, 1.82) is 0 Å². The van der Waals surface area contributed by atoms with Gasteiger partial charge in [0, 0.05) is 30.4 Å². The highest BCUT2D eigenvalue weighted by Gasteiger charge is 2.30. The molecule has 146 valence electrons. The molecule has 1 fully saturated rings. The number of thioether (sulfide) groups is 1. The Morgan fingerprint density at radius 1 is 1.21 bits per heavy atom. The van der Waals surface area contributed by atoms with E-state index >= 15 is 0 Å². The second-order valence-electron chi connectivity index (χ2n) is 6.59. The van der Waals surface area contributed by atoms with Crippen LogP contribution in [0, 0.1) is 16.0 Å². The monoisotopic (exact) mass is 399 g/mol. The molecule has 0 unspecified atom stereocenters. The van der Waals surface area contributed by atoms with Gasteiger partial charge in [0.25, 0.3) is 11.6 Å². The number of nitrogens with zero attached hydrogens (tertiary/aromatic N) is 2. The van der Waals surface area contributed by atoms with E-state index in [-0.39, 0.29) is 29.0 Å². The van der Waals surface area contributed by atoms with Crippen molar-refractivity contribution in [3.05, 3.63) is 64.2 Å². The molecule has 2 aromatic rings. The molecule has 0 spiro atoms. The molecule has 2 amide bonds. The fourth-order valence-electron chi connectivity index (χ4n) is 3.29. The minimum absolute atomic E-state index is 0.0752. The van der Waals surface area contributed by atoms with Crippen molar-refractivity contribution in [2.75, 3.05) is 24.7 Å². The van der Waals surface area contributed by atoms with Crippen molar-refractivity contribution in [2.24, 2.45) is 5.92 Å². The van der Waals surface area contributed by atoms with E-state index in [2.05, 4.69) is 5.32 Å². The Hall–Kier alpha value is -2.87. The predicted molar refractivity (Wildman–Crippen MR) is 109 cm³/mol. The highest BCUT2D eigenvalue weighted by molar-refractivity contribution is 7.98. The van der Waals surface area contributed by atoms with Crippen molar-refractivity contribution in [1.82, 2.24) is 4.90 Å². The normalized spacial score (nSPS) is 16.5. The lowest BCUT2D eigenvalue weighted by Gasteiger charge is -2.32. The lowest BCUT2D eigenvalue weighted by molar-refractivity contribution is -0.387. The molecule has 0 saturated carbocycles. The third kappa shape index (κ3) is 4.51. The highest BCUT2D eigenvalue weighted by Crippen LogP contribution is 2.29. The van der Waals surface area contributed by atoms with E-state index in [9.17, 15) is 19.7 Å². The lowest BCUT2D eigenvalue weighted by Crippen LogP contribution is -2.43. The van der Waals surface area contributed by atoms with Gasteiger partial charge in [0.15, 0.2) is 0 Å². The maximum absolute atomic E-state index is 12.9. The smallest absolute Gasteiger partial charge is 0.283 e. The minimum Gasteiger partial charge on any atom is -0.338 e. The molecule has 8 heteroatoms. The quantitative estimate of drug-likeness (QED) is 0.469. The van der Waals surface area contributed by atoms with Crippen molar-refractivity contribution >= 4 is 35.0 Å². The minimum atomic E-state index is -0.477. The summed E-state index contributed by atoms with van der Waals surface area (Å²) in [6.07, 6.45) is 3.17. The van der Waals surface area contributed by atoms with E-state index in [4.69, 9.17) is 0 Å². The molecule has 1 atom stereocenters. The summed E-state index contributed by atoms with van der Waals surface area (Å²) in [5.74, 6) is -0.710. The van der Waals surface area contributed by atoms with Gasteiger partial charge < -0.3 is 10.2 Å². The van der Waals surface area contributed by atoms with Crippen molar-refractivity contribution in [3.63, 3.8) is 0 Å². The van der Waals surface area contributed by atoms with Crippen LogP contribution in [-0.4, -0.2) is 41.0 Å². The second kappa shape index (κ2) is 8.88. The standard InChI is InChI=1S/C20H21N3O4S/c1-28-18-10-9-14(12-17(18)23(26)27)20(25)22-11-5-6-15(13-22)19(24)21-16-7-3-2-4-8-16/h2-4,7-10,12,15H,5-6,11,13H2,1H3,(H,21,24)/t15-/m0/s1. The van der Waals surface area contributed by atoms with Crippen LogP contribution in [0.1, 0.15) is 23.2 Å².